The summed E-state index contributed by atoms with van der Waals surface area (Å²) in [6.45, 7) is 1.85. The molecule has 2 aromatic carbocycles. The smallest absolute Gasteiger partial charge is 0.266 e. The van der Waals surface area contributed by atoms with Gasteiger partial charge in [0.1, 0.15) is 5.69 Å². The van der Waals surface area contributed by atoms with Gasteiger partial charge in [0.25, 0.3) is 5.89 Å². The molecule has 5 rings (SSSR count). The zero-order valence-corrected chi connectivity index (χ0v) is 16.0. The van der Waals surface area contributed by atoms with E-state index in [4.69, 9.17) is 16.0 Å². The number of hydrogen-bond donors (Lipinski definition) is 0. The molecule has 3 heterocycles. The summed E-state index contributed by atoms with van der Waals surface area (Å²) in [4.78, 5) is 6.88. The molecular formula is C22H19ClN4O. The number of nitrogens with zero attached hydrogens (tertiary/aromatic N) is 4. The highest BCUT2D eigenvalue weighted by atomic mass is 35.5. The van der Waals surface area contributed by atoms with Crippen molar-refractivity contribution in [2.75, 3.05) is 6.54 Å². The van der Waals surface area contributed by atoms with E-state index in [0.717, 1.165) is 47.4 Å². The Morgan fingerprint density at radius 1 is 1.04 bits per heavy atom. The first-order valence-electron chi connectivity index (χ1n) is 9.44. The average molecular weight is 391 g/mol. The van der Waals surface area contributed by atoms with Crippen molar-refractivity contribution in [2.24, 2.45) is 0 Å². The topological polar surface area (TPSA) is 55.1 Å². The molecule has 0 amide bonds. The molecule has 1 fully saturated rings. The molecule has 4 aromatic rings. The number of halogens is 1. The van der Waals surface area contributed by atoms with E-state index < -0.39 is 0 Å². The highest BCUT2D eigenvalue weighted by Crippen LogP contribution is 2.34. The predicted octanol–water partition coefficient (Wildman–Crippen LogP) is 5.28. The Kier molecular flexibility index (Phi) is 4.55. The van der Waals surface area contributed by atoms with Crippen LogP contribution in [0.3, 0.4) is 0 Å². The van der Waals surface area contributed by atoms with Crippen molar-refractivity contribution >= 4 is 22.4 Å². The van der Waals surface area contributed by atoms with Crippen molar-refractivity contribution in [3.8, 4) is 11.6 Å². The minimum absolute atomic E-state index is 0.131. The SMILES string of the molecule is Clc1ccc(CN2CCCC2c2nnc(-c3nccc4ccccc34)o2)cc1. The molecule has 1 aliphatic heterocycles. The van der Waals surface area contributed by atoms with Crippen LogP contribution in [0.5, 0.6) is 0 Å². The zero-order valence-electron chi connectivity index (χ0n) is 15.3. The van der Waals surface area contributed by atoms with Crippen LogP contribution in [0.25, 0.3) is 22.4 Å². The summed E-state index contributed by atoms with van der Waals surface area (Å²) in [5.74, 6) is 1.14. The van der Waals surface area contributed by atoms with Gasteiger partial charge >= 0.3 is 0 Å². The summed E-state index contributed by atoms with van der Waals surface area (Å²) in [5, 5.41) is 11.6. The lowest BCUT2D eigenvalue weighted by molar-refractivity contribution is 0.215. The number of benzene rings is 2. The highest BCUT2D eigenvalue weighted by Gasteiger charge is 2.31. The molecule has 28 heavy (non-hydrogen) atoms. The maximum absolute atomic E-state index is 6.10. The predicted molar refractivity (Wildman–Crippen MR) is 109 cm³/mol. The van der Waals surface area contributed by atoms with Crippen LogP contribution < -0.4 is 0 Å². The Bertz CT molecular complexity index is 1100. The summed E-state index contributed by atoms with van der Waals surface area (Å²) in [6.07, 6.45) is 3.91. The van der Waals surface area contributed by atoms with Gasteiger partial charge in [0.05, 0.1) is 6.04 Å². The van der Waals surface area contributed by atoms with Crippen LogP contribution in [0.2, 0.25) is 5.02 Å². The van der Waals surface area contributed by atoms with Gasteiger partial charge in [-0.3, -0.25) is 9.88 Å². The maximum Gasteiger partial charge on any atom is 0.266 e. The van der Waals surface area contributed by atoms with Crippen LogP contribution in [-0.4, -0.2) is 26.6 Å². The zero-order chi connectivity index (χ0) is 18.9. The third kappa shape index (κ3) is 3.28. The quantitative estimate of drug-likeness (QED) is 0.474. The van der Waals surface area contributed by atoms with Crippen LogP contribution in [0.15, 0.2) is 65.2 Å². The number of likely N-dealkylation sites (tertiary alicyclic amines) is 1. The summed E-state index contributed by atoms with van der Waals surface area (Å²) in [5.41, 5.74) is 1.96. The van der Waals surface area contributed by atoms with Crippen LogP contribution in [0.1, 0.15) is 30.3 Å². The average Bonchev–Trinajstić information content (AvgIpc) is 3.38. The number of pyridine rings is 1. The first-order chi connectivity index (χ1) is 13.8. The molecule has 6 heteroatoms. The third-order valence-electron chi connectivity index (χ3n) is 5.26. The molecule has 1 unspecified atom stereocenters. The van der Waals surface area contributed by atoms with E-state index in [9.17, 15) is 0 Å². The van der Waals surface area contributed by atoms with Crippen LogP contribution in [0.4, 0.5) is 0 Å². The fourth-order valence-corrected chi connectivity index (χ4v) is 4.00. The third-order valence-corrected chi connectivity index (χ3v) is 5.52. The second-order valence-electron chi connectivity index (χ2n) is 7.08. The molecule has 140 valence electrons. The van der Waals surface area contributed by atoms with Gasteiger partial charge in [-0.15, -0.1) is 10.2 Å². The second-order valence-corrected chi connectivity index (χ2v) is 7.52. The molecule has 1 aliphatic rings. The Labute approximate surface area is 168 Å². The second kappa shape index (κ2) is 7.34. The van der Waals surface area contributed by atoms with Gasteiger partial charge in [0.2, 0.25) is 5.89 Å². The molecule has 2 aromatic heterocycles. The molecular weight excluding hydrogens is 372 g/mol. The van der Waals surface area contributed by atoms with Gasteiger partial charge in [-0.2, -0.15) is 0 Å². The lowest BCUT2D eigenvalue weighted by Crippen LogP contribution is -2.23. The van der Waals surface area contributed by atoms with Crippen molar-refractivity contribution in [1.29, 1.82) is 0 Å². The largest absolute Gasteiger partial charge is 0.418 e. The van der Waals surface area contributed by atoms with E-state index in [2.05, 4.69) is 38.3 Å². The molecule has 0 N–H and O–H groups in total. The van der Waals surface area contributed by atoms with Crippen LogP contribution >= 0.6 is 11.6 Å². The fourth-order valence-electron chi connectivity index (χ4n) is 3.87. The van der Waals surface area contributed by atoms with Crippen LogP contribution in [-0.2, 0) is 6.54 Å². The molecule has 0 radical (unpaired) electrons. The summed E-state index contributed by atoms with van der Waals surface area (Å²) in [6, 6.07) is 18.2. The van der Waals surface area contributed by atoms with Gasteiger partial charge in [-0.1, -0.05) is 48.0 Å². The van der Waals surface area contributed by atoms with E-state index in [1.807, 2.05) is 36.4 Å². The Balaban J connectivity index is 1.42. The minimum Gasteiger partial charge on any atom is -0.418 e. The molecule has 0 spiro atoms. The first kappa shape index (κ1) is 17.3. The Hall–Kier alpha value is -2.76. The normalized spacial score (nSPS) is 17.4. The van der Waals surface area contributed by atoms with E-state index in [1.165, 1.54) is 5.56 Å². The summed E-state index contributed by atoms with van der Waals surface area (Å²) >= 11 is 6.00. The van der Waals surface area contributed by atoms with Gasteiger partial charge in [-0.25, -0.2) is 0 Å². The van der Waals surface area contributed by atoms with Gasteiger partial charge < -0.3 is 4.42 Å². The number of fused-ring (bicyclic) bond motifs is 1. The molecule has 1 saturated heterocycles. The Morgan fingerprint density at radius 2 is 1.89 bits per heavy atom. The fraction of sp³-hybridized carbons (Fsp3) is 0.227. The van der Waals surface area contributed by atoms with Crippen molar-refractivity contribution in [1.82, 2.24) is 20.1 Å². The van der Waals surface area contributed by atoms with E-state index in [1.54, 1.807) is 6.20 Å². The molecule has 1 atom stereocenters. The standard InChI is InChI=1S/C22H19ClN4O/c23-17-9-7-15(8-10-17)14-27-13-3-6-19(27)21-25-26-22(28-21)20-18-5-2-1-4-16(18)11-12-24-20/h1-2,4-5,7-12,19H,3,6,13-14H2. The highest BCUT2D eigenvalue weighted by molar-refractivity contribution is 6.30. The van der Waals surface area contributed by atoms with Gasteiger partial charge in [-0.05, 0) is 48.5 Å². The van der Waals surface area contributed by atoms with Crippen LogP contribution in [0, 0.1) is 0 Å². The lowest BCUT2D eigenvalue weighted by atomic mass is 10.1. The maximum atomic E-state index is 6.10. The van der Waals surface area contributed by atoms with Crippen molar-refractivity contribution in [3.63, 3.8) is 0 Å². The number of aromatic nitrogens is 3. The van der Waals surface area contributed by atoms with E-state index in [0.29, 0.717) is 11.8 Å². The number of hydrogen-bond acceptors (Lipinski definition) is 5. The molecule has 5 nitrogen and oxygen atoms in total. The number of rotatable bonds is 4. The molecule has 0 bridgehead atoms. The summed E-state index contributed by atoms with van der Waals surface area (Å²) in [7, 11) is 0. The first-order valence-corrected chi connectivity index (χ1v) is 9.82. The minimum atomic E-state index is 0.131. The summed E-state index contributed by atoms with van der Waals surface area (Å²) < 4.78 is 6.10. The van der Waals surface area contributed by atoms with Gasteiger partial charge in [0.15, 0.2) is 0 Å². The van der Waals surface area contributed by atoms with Crippen molar-refractivity contribution < 1.29 is 4.42 Å². The van der Waals surface area contributed by atoms with E-state index >= 15 is 0 Å². The monoisotopic (exact) mass is 390 g/mol. The Morgan fingerprint density at radius 3 is 2.79 bits per heavy atom. The molecule has 0 saturated carbocycles. The molecule has 0 aliphatic carbocycles. The van der Waals surface area contributed by atoms with Crippen molar-refractivity contribution in [2.45, 2.75) is 25.4 Å². The van der Waals surface area contributed by atoms with Crippen molar-refractivity contribution in [3.05, 3.63) is 77.3 Å². The van der Waals surface area contributed by atoms with Gasteiger partial charge in [0, 0.05) is 23.2 Å². The lowest BCUT2D eigenvalue weighted by Gasteiger charge is -2.21. The van der Waals surface area contributed by atoms with E-state index in [-0.39, 0.29) is 6.04 Å².